The number of hydrogen-bond donors (Lipinski definition) is 2. The molecule has 2 aromatic rings. The highest BCUT2D eigenvalue weighted by molar-refractivity contribution is 7.91. The molecule has 0 atom stereocenters. The first-order valence-electron chi connectivity index (χ1n) is 9.20. The maximum atomic E-state index is 12.5. The van der Waals surface area contributed by atoms with Crippen molar-refractivity contribution in [3.8, 4) is 0 Å². The highest BCUT2D eigenvalue weighted by Gasteiger charge is 2.28. The van der Waals surface area contributed by atoms with Gasteiger partial charge in [-0.1, -0.05) is 0 Å². The standard InChI is InChI=1S/C18H22N4O5S2/c23-17(20-10-9-19-14-3-5-15(6-4-14)22(24)25)13-16-7-8-18(28-16)29(26,27)21-11-1-2-12-21/h3-8,19H,1-2,9-13H2,(H,20,23). The zero-order chi connectivity index (χ0) is 20.9. The Morgan fingerprint density at radius 3 is 2.45 bits per heavy atom. The van der Waals surface area contributed by atoms with Crippen LogP contribution in [0.25, 0.3) is 0 Å². The molecule has 0 bridgehead atoms. The van der Waals surface area contributed by atoms with Crippen LogP contribution in [-0.2, 0) is 21.2 Å². The van der Waals surface area contributed by atoms with E-state index in [1.54, 1.807) is 24.3 Å². The zero-order valence-corrected chi connectivity index (χ0v) is 17.3. The normalized spacial score (nSPS) is 14.6. The number of thiophene rings is 1. The van der Waals surface area contributed by atoms with E-state index in [9.17, 15) is 23.3 Å². The van der Waals surface area contributed by atoms with Crippen LogP contribution in [-0.4, -0.2) is 49.7 Å². The molecular formula is C18H22N4O5S2. The molecule has 2 heterocycles. The van der Waals surface area contributed by atoms with Crippen molar-refractivity contribution in [2.75, 3.05) is 31.5 Å². The lowest BCUT2D eigenvalue weighted by Gasteiger charge is -2.13. The van der Waals surface area contributed by atoms with Crippen molar-refractivity contribution in [1.29, 1.82) is 0 Å². The molecule has 1 aromatic heterocycles. The second kappa shape index (κ2) is 9.33. The van der Waals surface area contributed by atoms with Crippen LogP contribution >= 0.6 is 11.3 Å². The zero-order valence-electron chi connectivity index (χ0n) is 15.7. The molecule has 2 N–H and O–H groups in total. The van der Waals surface area contributed by atoms with E-state index in [0.717, 1.165) is 29.9 Å². The lowest BCUT2D eigenvalue weighted by molar-refractivity contribution is -0.384. The molecule has 1 saturated heterocycles. The summed E-state index contributed by atoms with van der Waals surface area (Å²) in [7, 11) is -3.45. The number of sulfonamides is 1. The minimum atomic E-state index is -3.45. The largest absolute Gasteiger partial charge is 0.383 e. The number of nitrogens with zero attached hydrogens (tertiary/aromatic N) is 2. The van der Waals surface area contributed by atoms with Crippen molar-refractivity contribution in [3.05, 3.63) is 51.4 Å². The fourth-order valence-electron chi connectivity index (χ4n) is 2.98. The molecule has 1 aromatic carbocycles. The lowest BCUT2D eigenvalue weighted by Crippen LogP contribution is -2.29. The van der Waals surface area contributed by atoms with Crippen molar-refractivity contribution >= 4 is 38.6 Å². The SMILES string of the molecule is O=C(Cc1ccc(S(=O)(=O)N2CCCC2)s1)NCCNc1ccc([N+](=O)[O-])cc1. The van der Waals surface area contributed by atoms with E-state index >= 15 is 0 Å². The molecule has 29 heavy (non-hydrogen) atoms. The van der Waals surface area contributed by atoms with Gasteiger partial charge in [-0.05, 0) is 37.1 Å². The fourth-order valence-corrected chi connectivity index (χ4v) is 6.00. The summed E-state index contributed by atoms with van der Waals surface area (Å²) in [5.41, 5.74) is 0.741. The second-order valence-electron chi connectivity index (χ2n) is 6.59. The van der Waals surface area contributed by atoms with Gasteiger partial charge in [-0.15, -0.1) is 11.3 Å². The van der Waals surface area contributed by atoms with E-state index < -0.39 is 14.9 Å². The number of amides is 1. The summed E-state index contributed by atoms with van der Waals surface area (Å²) in [5, 5.41) is 16.5. The van der Waals surface area contributed by atoms with Crippen molar-refractivity contribution < 1.29 is 18.1 Å². The van der Waals surface area contributed by atoms with Crippen molar-refractivity contribution in [2.45, 2.75) is 23.5 Å². The highest BCUT2D eigenvalue weighted by Crippen LogP contribution is 2.27. The highest BCUT2D eigenvalue weighted by atomic mass is 32.2. The Balaban J connectivity index is 1.43. The predicted octanol–water partition coefficient (Wildman–Crippen LogP) is 2.21. The molecular weight excluding hydrogens is 416 g/mol. The Morgan fingerprint density at radius 1 is 1.10 bits per heavy atom. The van der Waals surface area contributed by atoms with Gasteiger partial charge in [0.1, 0.15) is 4.21 Å². The Morgan fingerprint density at radius 2 is 1.79 bits per heavy atom. The number of hydrogen-bond acceptors (Lipinski definition) is 7. The van der Waals surface area contributed by atoms with Crippen molar-refractivity contribution in [2.24, 2.45) is 0 Å². The summed E-state index contributed by atoms with van der Waals surface area (Å²) in [6.07, 6.45) is 1.89. The summed E-state index contributed by atoms with van der Waals surface area (Å²) in [4.78, 5) is 23.0. The Hall–Kier alpha value is -2.50. The smallest absolute Gasteiger partial charge is 0.269 e. The molecule has 1 aliphatic heterocycles. The number of nitrogens with one attached hydrogen (secondary N) is 2. The molecule has 0 unspecified atom stereocenters. The molecule has 0 saturated carbocycles. The predicted molar refractivity (Wildman–Crippen MR) is 111 cm³/mol. The molecule has 0 radical (unpaired) electrons. The molecule has 3 rings (SSSR count). The molecule has 1 fully saturated rings. The van der Waals surface area contributed by atoms with Crippen LogP contribution in [0.4, 0.5) is 11.4 Å². The van der Waals surface area contributed by atoms with Crippen molar-refractivity contribution in [1.82, 2.24) is 9.62 Å². The van der Waals surface area contributed by atoms with Gasteiger partial charge in [0.2, 0.25) is 5.91 Å². The summed E-state index contributed by atoms with van der Waals surface area (Å²) in [5.74, 6) is -0.192. The van der Waals surface area contributed by atoms with E-state index in [1.165, 1.54) is 16.4 Å². The topological polar surface area (TPSA) is 122 Å². The van der Waals surface area contributed by atoms with Gasteiger partial charge in [-0.3, -0.25) is 14.9 Å². The third kappa shape index (κ3) is 5.52. The Labute approximate surface area is 172 Å². The Bertz CT molecular complexity index is 966. The summed E-state index contributed by atoms with van der Waals surface area (Å²) >= 11 is 1.13. The van der Waals surface area contributed by atoms with E-state index in [0.29, 0.717) is 31.1 Å². The number of carbonyl (C=O) groups is 1. The van der Waals surface area contributed by atoms with Gasteiger partial charge < -0.3 is 10.6 Å². The average molecular weight is 439 g/mol. The van der Waals surface area contributed by atoms with E-state index in [4.69, 9.17) is 0 Å². The van der Waals surface area contributed by atoms with Gasteiger partial charge in [-0.25, -0.2) is 8.42 Å². The van der Waals surface area contributed by atoms with Crippen molar-refractivity contribution in [3.63, 3.8) is 0 Å². The maximum absolute atomic E-state index is 12.5. The number of carbonyl (C=O) groups excluding carboxylic acids is 1. The van der Waals surface area contributed by atoms with Crippen LogP contribution < -0.4 is 10.6 Å². The van der Waals surface area contributed by atoms with Gasteiger partial charge in [0, 0.05) is 48.9 Å². The Kier molecular flexibility index (Phi) is 6.83. The third-order valence-electron chi connectivity index (χ3n) is 4.49. The summed E-state index contributed by atoms with van der Waals surface area (Å²) in [6, 6.07) is 9.28. The minimum Gasteiger partial charge on any atom is -0.383 e. The second-order valence-corrected chi connectivity index (χ2v) is 9.92. The summed E-state index contributed by atoms with van der Waals surface area (Å²) < 4.78 is 26.8. The maximum Gasteiger partial charge on any atom is 0.269 e. The van der Waals surface area contributed by atoms with Crippen LogP contribution in [0.3, 0.4) is 0 Å². The van der Waals surface area contributed by atoms with Gasteiger partial charge in [0.15, 0.2) is 0 Å². The fraction of sp³-hybridized carbons (Fsp3) is 0.389. The van der Waals surface area contributed by atoms with Gasteiger partial charge >= 0.3 is 0 Å². The summed E-state index contributed by atoms with van der Waals surface area (Å²) in [6.45, 7) is 1.94. The first-order chi connectivity index (χ1) is 13.9. The molecule has 0 aliphatic carbocycles. The quantitative estimate of drug-likeness (QED) is 0.352. The van der Waals surface area contributed by atoms with Gasteiger partial charge in [0.25, 0.3) is 15.7 Å². The molecule has 11 heteroatoms. The van der Waals surface area contributed by atoms with Crippen LogP contribution in [0, 0.1) is 10.1 Å². The third-order valence-corrected chi connectivity index (χ3v) is 7.94. The van der Waals surface area contributed by atoms with E-state index in [-0.39, 0.29) is 22.2 Å². The molecule has 1 aliphatic rings. The van der Waals surface area contributed by atoms with Crippen LogP contribution in [0.15, 0.2) is 40.6 Å². The van der Waals surface area contributed by atoms with Gasteiger partial charge in [-0.2, -0.15) is 4.31 Å². The first kappa shape index (κ1) is 21.2. The molecule has 9 nitrogen and oxygen atoms in total. The lowest BCUT2D eigenvalue weighted by atomic mass is 10.3. The van der Waals surface area contributed by atoms with Crippen LogP contribution in [0.5, 0.6) is 0 Å². The number of nitro groups is 1. The number of non-ortho nitro benzene ring substituents is 1. The molecule has 1 amide bonds. The van der Waals surface area contributed by atoms with E-state index in [1.807, 2.05) is 0 Å². The first-order valence-corrected chi connectivity index (χ1v) is 11.5. The number of benzene rings is 1. The molecule has 156 valence electrons. The average Bonchev–Trinajstić information content (AvgIpc) is 3.38. The van der Waals surface area contributed by atoms with Crippen LogP contribution in [0.1, 0.15) is 17.7 Å². The number of rotatable bonds is 9. The van der Waals surface area contributed by atoms with E-state index in [2.05, 4.69) is 10.6 Å². The minimum absolute atomic E-state index is 0.0194. The number of nitro benzene ring substituents is 1. The number of anilines is 1. The van der Waals surface area contributed by atoms with Crippen LogP contribution in [0.2, 0.25) is 0 Å². The molecule has 0 spiro atoms. The van der Waals surface area contributed by atoms with Gasteiger partial charge in [0.05, 0.1) is 11.3 Å². The monoisotopic (exact) mass is 438 g/mol.